The van der Waals surface area contributed by atoms with E-state index in [1.165, 1.54) is 0 Å². The summed E-state index contributed by atoms with van der Waals surface area (Å²) in [6.45, 7) is 0.481. The van der Waals surface area contributed by atoms with Gasteiger partial charge in [-0.25, -0.2) is 4.98 Å². The number of hydrogen-bond donors (Lipinski definition) is 0. The Morgan fingerprint density at radius 1 is 1.12 bits per heavy atom. The van der Waals surface area contributed by atoms with Crippen LogP contribution in [0.1, 0.15) is 15.4 Å². The molecule has 0 bridgehead atoms. The highest BCUT2D eigenvalue weighted by molar-refractivity contribution is 7.18. The number of carbonyl (C=O) groups is 1. The lowest BCUT2D eigenvalue weighted by molar-refractivity contribution is 0.0785. The molecule has 0 spiro atoms. The van der Waals surface area contributed by atoms with Gasteiger partial charge in [0.1, 0.15) is 17.7 Å². The second-order valence-corrected chi connectivity index (χ2v) is 6.77. The summed E-state index contributed by atoms with van der Waals surface area (Å²) in [4.78, 5) is 19.0. The summed E-state index contributed by atoms with van der Waals surface area (Å²) in [5.74, 6) is -0.0471. The smallest absolute Gasteiger partial charge is 0.254 e. The monoisotopic (exact) mass is 349 g/mol. The molecule has 0 atom stereocenters. The number of amides is 1. The van der Waals surface area contributed by atoms with Crippen molar-refractivity contribution in [3.05, 3.63) is 71.8 Å². The molecule has 0 saturated heterocycles. The summed E-state index contributed by atoms with van der Waals surface area (Å²) in [7, 11) is 1.79. The Morgan fingerprint density at radius 2 is 1.92 bits per heavy atom. The number of hydrogen-bond acceptors (Lipinski definition) is 5. The lowest BCUT2D eigenvalue weighted by Crippen LogP contribution is -2.26. The Bertz CT molecular complexity index is 992. The van der Waals surface area contributed by atoms with Gasteiger partial charge in [0.2, 0.25) is 0 Å². The van der Waals surface area contributed by atoms with Crippen LogP contribution in [-0.2, 0) is 6.54 Å². The molecule has 2 aromatic carbocycles. The fourth-order valence-corrected chi connectivity index (χ4v) is 3.64. The highest BCUT2D eigenvalue weighted by atomic mass is 32.1. The number of aromatic nitrogens is 4. The average Bonchev–Trinajstić information content (AvgIpc) is 3.30. The van der Waals surface area contributed by atoms with Crippen molar-refractivity contribution in [3.63, 3.8) is 0 Å². The van der Waals surface area contributed by atoms with E-state index in [2.05, 4.69) is 15.2 Å². The van der Waals surface area contributed by atoms with Crippen molar-refractivity contribution in [2.45, 2.75) is 6.54 Å². The number of carbonyl (C=O) groups excluding carboxylic acids is 1. The van der Waals surface area contributed by atoms with E-state index in [1.807, 2.05) is 48.5 Å². The second-order valence-electron chi connectivity index (χ2n) is 5.66. The van der Waals surface area contributed by atoms with Gasteiger partial charge in [-0.3, -0.25) is 9.36 Å². The summed E-state index contributed by atoms with van der Waals surface area (Å²) in [5, 5.41) is 8.51. The predicted octanol–water partition coefficient (Wildman–Crippen LogP) is 3.15. The van der Waals surface area contributed by atoms with Crippen LogP contribution >= 0.6 is 11.3 Å². The Kier molecular flexibility index (Phi) is 3.99. The van der Waals surface area contributed by atoms with Gasteiger partial charge in [-0.2, -0.15) is 0 Å². The van der Waals surface area contributed by atoms with Gasteiger partial charge in [0, 0.05) is 18.3 Å². The Hall–Kier alpha value is -3.06. The third-order valence-electron chi connectivity index (χ3n) is 3.87. The molecule has 2 heterocycles. The molecule has 6 nitrogen and oxygen atoms in total. The topological polar surface area (TPSA) is 63.9 Å². The number of thiazole rings is 1. The first kappa shape index (κ1) is 15.5. The molecule has 1 amide bonds. The predicted molar refractivity (Wildman–Crippen MR) is 96.8 cm³/mol. The van der Waals surface area contributed by atoms with Crippen molar-refractivity contribution in [2.24, 2.45) is 0 Å². The third kappa shape index (κ3) is 3.14. The van der Waals surface area contributed by atoms with Gasteiger partial charge < -0.3 is 4.90 Å². The van der Waals surface area contributed by atoms with Gasteiger partial charge in [-0.15, -0.1) is 21.5 Å². The van der Waals surface area contributed by atoms with Crippen molar-refractivity contribution < 1.29 is 4.79 Å². The molecule has 0 unspecified atom stereocenters. The largest absolute Gasteiger partial charge is 0.335 e. The molecular formula is C18H15N5OS. The maximum atomic E-state index is 12.7. The zero-order valence-electron chi connectivity index (χ0n) is 13.5. The summed E-state index contributed by atoms with van der Waals surface area (Å²) < 4.78 is 2.90. The summed E-state index contributed by atoms with van der Waals surface area (Å²) in [6.07, 6.45) is 3.21. The van der Waals surface area contributed by atoms with Crippen LogP contribution in [-0.4, -0.2) is 37.6 Å². The minimum atomic E-state index is -0.0471. The van der Waals surface area contributed by atoms with E-state index < -0.39 is 0 Å². The van der Waals surface area contributed by atoms with E-state index >= 15 is 0 Å². The van der Waals surface area contributed by atoms with E-state index in [0.29, 0.717) is 12.1 Å². The van der Waals surface area contributed by atoms with Gasteiger partial charge in [0.25, 0.3) is 5.91 Å². The number of nitrogens with zero attached hydrogens (tertiary/aromatic N) is 5. The van der Waals surface area contributed by atoms with Crippen LogP contribution in [0, 0.1) is 0 Å². The van der Waals surface area contributed by atoms with Gasteiger partial charge in [0.15, 0.2) is 0 Å². The van der Waals surface area contributed by atoms with Crippen LogP contribution in [0.3, 0.4) is 0 Å². The zero-order chi connectivity index (χ0) is 17.2. The lowest BCUT2D eigenvalue weighted by atomic mass is 10.1. The molecule has 0 aliphatic carbocycles. The third-order valence-corrected chi connectivity index (χ3v) is 4.89. The van der Waals surface area contributed by atoms with Crippen LogP contribution in [0.2, 0.25) is 0 Å². The molecule has 0 fully saturated rings. The molecule has 2 aromatic heterocycles. The first-order valence-electron chi connectivity index (χ1n) is 7.76. The highest BCUT2D eigenvalue weighted by Crippen LogP contribution is 2.23. The lowest BCUT2D eigenvalue weighted by Gasteiger charge is -2.16. The minimum absolute atomic E-state index is 0.0471. The Morgan fingerprint density at radius 3 is 2.72 bits per heavy atom. The molecule has 0 aliphatic rings. The van der Waals surface area contributed by atoms with Crippen molar-refractivity contribution in [1.82, 2.24) is 24.6 Å². The summed E-state index contributed by atoms with van der Waals surface area (Å²) in [6, 6.07) is 15.4. The quantitative estimate of drug-likeness (QED) is 0.568. The Labute approximate surface area is 148 Å². The molecule has 0 radical (unpaired) electrons. The fraction of sp³-hybridized carbons (Fsp3) is 0.111. The van der Waals surface area contributed by atoms with Gasteiger partial charge in [-0.05, 0) is 30.3 Å². The van der Waals surface area contributed by atoms with E-state index in [0.717, 1.165) is 20.9 Å². The van der Waals surface area contributed by atoms with Crippen LogP contribution in [0.15, 0.2) is 61.2 Å². The van der Waals surface area contributed by atoms with Crippen molar-refractivity contribution in [3.8, 4) is 5.69 Å². The van der Waals surface area contributed by atoms with Crippen LogP contribution in [0.5, 0.6) is 0 Å². The van der Waals surface area contributed by atoms with Crippen molar-refractivity contribution in [2.75, 3.05) is 7.05 Å². The average molecular weight is 349 g/mol. The maximum Gasteiger partial charge on any atom is 0.254 e. The van der Waals surface area contributed by atoms with Crippen molar-refractivity contribution in [1.29, 1.82) is 0 Å². The van der Waals surface area contributed by atoms with Gasteiger partial charge in [-0.1, -0.05) is 18.2 Å². The van der Waals surface area contributed by atoms with E-state index in [4.69, 9.17) is 0 Å². The van der Waals surface area contributed by atoms with Crippen LogP contribution < -0.4 is 0 Å². The normalized spacial score (nSPS) is 10.9. The van der Waals surface area contributed by atoms with Gasteiger partial charge in [0.05, 0.1) is 16.8 Å². The van der Waals surface area contributed by atoms with E-state index in [-0.39, 0.29) is 5.91 Å². The second kappa shape index (κ2) is 6.45. The first-order valence-corrected chi connectivity index (χ1v) is 8.57. The molecule has 124 valence electrons. The molecule has 0 aliphatic heterocycles. The van der Waals surface area contributed by atoms with E-state index in [1.54, 1.807) is 40.5 Å². The summed E-state index contributed by atoms with van der Waals surface area (Å²) in [5.41, 5.74) is 2.44. The number of rotatable bonds is 4. The van der Waals surface area contributed by atoms with Crippen LogP contribution in [0.4, 0.5) is 0 Å². The van der Waals surface area contributed by atoms with Crippen LogP contribution in [0.25, 0.3) is 15.9 Å². The standard InChI is InChI=1S/C18H15N5OS/c1-22(10-17-21-15-7-2-3-8-16(15)25-17)18(24)13-5-4-6-14(9-13)23-11-19-20-12-23/h2-9,11-12H,10H2,1H3. The van der Waals surface area contributed by atoms with Gasteiger partial charge >= 0.3 is 0 Å². The zero-order valence-corrected chi connectivity index (χ0v) is 14.3. The molecule has 0 saturated carbocycles. The first-order chi connectivity index (χ1) is 12.2. The number of benzene rings is 2. The molecule has 25 heavy (non-hydrogen) atoms. The molecule has 4 rings (SSSR count). The molecule has 0 N–H and O–H groups in total. The number of fused-ring (bicyclic) bond motifs is 1. The fourth-order valence-electron chi connectivity index (χ4n) is 2.62. The minimum Gasteiger partial charge on any atom is -0.335 e. The highest BCUT2D eigenvalue weighted by Gasteiger charge is 2.15. The van der Waals surface area contributed by atoms with E-state index in [9.17, 15) is 4.79 Å². The SMILES string of the molecule is CN(Cc1nc2ccccc2s1)C(=O)c1cccc(-n2cnnc2)c1. The molecular weight excluding hydrogens is 334 g/mol. The number of para-hydroxylation sites is 1. The molecule has 4 aromatic rings. The Balaban J connectivity index is 1.55. The summed E-state index contributed by atoms with van der Waals surface area (Å²) >= 11 is 1.61. The molecule has 7 heteroatoms. The maximum absolute atomic E-state index is 12.7. The van der Waals surface area contributed by atoms with Crippen molar-refractivity contribution >= 4 is 27.5 Å².